The highest BCUT2D eigenvalue weighted by Gasteiger charge is 2.14. The van der Waals surface area contributed by atoms with Crippen molar-refractivity contribution in [3.8, 4) is 0 Å². The van der Waals surface area contributed by atoms with Crippen LogP contribution in [0.2, 0.25) is 0 Å². The van der Waals surface area contributed by atoms with Crippen LogP contribution in [0.5, 0.6) is 0 Å². The Balaban J connectivity index is 0.000000370. The van der Waals surface area contributed by atoms with Crippen LogP contribution in [-0.2, 0) is 9.59 Å². The topological polar surface area (TPSA) is 127 Å². The van der Waals surface area contributed by atoms with Crippen molar-refractivity contribution in [1.29, 1.82) is 0 Å². The van der Waals surface area contributed by atoms with E-state index in [1.54, 1.807) is 42.1 Å². The predicted octanol–water partition coefficient (Wildman–Crippen LogP) is 0.357. The first-order valence-electron chi connectivity index (χ1n) is 5.89. The van der Waals surface area contributed by atoms with Gasteiger partial charge in [0, 0.05) is 0 Å². The van der Waals surface area contributed by atoms with Gasteiger partial charge in [0.2, 0.25) is 5.91 Å². The Hall–Kier alpha value is -1.57. The Bertz CT molecular complexity index is 414. The summed E-state index contributed by atoms with van der Waals surface area (Å²) in [5.74, 6) is -0.746. The zero-order valence-corrected chi connectivity index (χ0v) is 12.0. The van der Waals surface area contributed by atoms with E-state index in [0.29, 0.717) is 12.0 Å². The van der Waals surface area contributed by atoms with E-state index in [2.05, 4.69) is 0 Å². The predicted molar refractivity (Wildman–Crippen MR) is 79.2 cm³/mol. The summed E-state index contributed by atoms with van der Waals surface area (Å²) in [7, 11) is 0. The fourth-order valence-corrected chi connectivity index (χ4v) is 1.65. The molecular formula is C13H20N2O4S. The van der Waals surface area contributed by atoms with Gasteiger partial charge in [0.05, 0.1) is 6.04 Å². The smallest absolute Gasteiger partial charge is 0.337 e. The molecule has 0 bridgehead atoms. The van der Waals surface area contributed by atoms with Gasteiger partial charge in [-0.15, -0.1) is 0 Å². The maximum Gasteiger partial charge on any atom is 0.337 e. The molecule has 0 radical (unpaired) electrons. The molecule has 6 N–H and O–H groups in total. The van der Waals surface area contributed by atoms with Crippen LogP contribution in [0, 0.1) is 0 Å². The second-order valence-electron chi connectivity index (χ2n) is 3.94. The monoisotopic (exact) mass is 300 g/mol. The number of carbonyl (C=O) groups excluding carboxylic acids is 1. The molecule has 1 aromatic carbocycles. The van der Waals surface area contributed by atoms with Gasteiger partial charge in [-0.1, -0.05) is 30.3 Å². The standard InChI is InChI=1S/C8H8O3.C5H12N2OS/c9-7(8(10)11)6-4-2-1-3-5-6;1-9-3-2-4(6)5(7)8/h1-5,7,9H,(H,10,11);4H,2-3,6H2,1H3,(H2,7,8)/t;4-/m.0/s1. The number of carbonyl (C=O) groups is 2. The summed E-state index contributed by atoms with van der Waals surface area (Å²) in [6, 6.07) is 7.80. The van der Waals surface area contributed by atoms with Crippen molar-refractivity contribution in [2.24, 2.45) is 11.5 Å². The summed E-state index contributed by atoms with van der Waals surface area (Å²) < 4.78 is 0. The Morgan fingerprint density at radius 3 is 2.25 bits per heavy atom. The first kappa shape index (κ1) is 18.4. The Kier molecular flexibility index (Phi) is 9.44. The first-order valence-corrected chi connectivity index (χ1v) is 7.29. The summed E-state index contributed by atoms with van der Waals surface area (Å²) in [6.07, 6.45) is 1.24. The normalized spacial score (nSPS) is 12.8. The molecule has 0 aliphatic heterocycles. The lowest BCUT2D eigenvalue weighted by Crippen LogP contribution is -2.36. The van der Waals surface area contributed by atoms with Gasteiger partial charge >= 0.3 is 5.97 Å². The first-order chi connectivity index (χ1) is 9.40. The van der Waals surface area contributed by atoms with Crippen molar-refractivity contribution in [2.75, 3.05) is 12.0 Å². The van der Waals surface area contributed by atoms with Crippen LogP contribution in [0.3, 0.4) is 0 Å². The SMILES string of the molecule is CSCC[C@H](N)C(N)=O.O=C(O)C(O)c1ccccc1. The third-order valence-corrected chi connectivity index (χ3v) is 2.99. The van der Waals surface area contributed by atoms with Crippen LogP contribution in [0.15, 0.2) is 30.3 Å². The van der Waals surface area contributed by atoms with E-state index in [1.165, 1.54) is 0 Å². The maximum atomic E-state index is 10.3. The van der Waals surface area contributed by atoms with E-state index in [9.17, 15) is 9.59 Å². The molecule has 0 aromatic heterocycles. The number of rotatable bonds is 6. The molecule has 112 valence electrons. The van der Waals surface area contributed by atoms with Crippen molar-refractivity contribution >= 4 is 23.6 Å². The van der Waals surface area contributed by atoms with E-state index >= 15 is 0 Å². The number of primary amides is 1. The van der Waals surface area contributed by atoms with Gasteiger partial charge < -0.3 is 21.7 Å². The largest absolute Gasteiger partial charge is 0.479 e. The minimum Gasteiger partial charge on any atom is -0.479 e. The van der Waals surface area contributed by atoms with Gasteiger partial charge in [-0.3, -0.25) is 4.79 Å². The number of carboxylic acid groups (broad SMARTS) is 1. The molecule has 2 atom stereocenters. The Morgan fingerprint density at radius 1 is 1.30 bits per heavy atom. The molecule has 0 fully saturated rings. The zero-order chi connectivity index (χ0) is 15.5. The maximum absolute atomic E-state index is 10.3. The highest BCUT2D eigenvalue weighted by Crippen LogP contribution is 2.10. The molecular weight excluding hydrogens is 280 g/mol. The highest BCUT2D eigenvalue weighted by molar-refractivity contribution is 7.98. The van der Waals surface area contributed by atoms with Crippen molar-refractivity contribution in [1.82, 2.24) is 0 Å². The second-order valence-corrected chi connectivity index (χ2v) is 4.93. The zero-order valence-electron chi connectivity index (χ0n) is 11.2. The number of carboxylic acids is 1. The molecule has 0 saturated heterocycles. The summed E-state index contributed by atoms with van der Waals surface area (Å²) in [4.78, 5) is 20.5. The molecule has 0 spiro atoms. The average Bonchev–Trinajstić information content (AvgIpc) is 2.45. The van der Waals surface area contributed by atoms with Gasteiger partial charge in [-0.25, -0.2) is 4.79 Å². The number of aliphatic hydroxyl groups excluding tert-OH is 1. The molecule has 20 heavy (non-hydrogen) atoms. The number of benzene rings is 1. The quantitative estimate of drug-likeness (QED) is 0.600. The van der Waals surface area contributed by atoms with Crippen molar-refractivity contribution < 1.29 is 19.8 Å². The molecule has 7 heteroatoms. The van der Waals surface area contributed by atoms with E-state index in [0.717, 1.165) is 5.75 Å². The highest BCUT2D eigenvalue weighted by atomic mass is 32.2. The van der Waals surface area contributed by atoms with E-state index in [-0.39, 0.29) is 0 Å². The lowest BCUT2D eigenvalue weighted by Gasteiger charge is -2.03. The van der Waals surface area contributed by atoms with Crippen LogP contribution < -0.4 is 11.5 Å². The van der Waals surface area contributed by atoms with Crippen molar-refractivity contribution in [3.05, 3.63) is 35.9 Å². The van der Waals surface area contributed by atoms with Gasteiger partial charge in [-0.05, 0) is 24.0 Å². The fourth-order valence-electron chi connectivity index (χ4n) is 1.16. The van der Waals surface area contributed by atoms with Crippen molar-refractivity contribution in [2.45, 2.75) is 18.6 Å². The summed E-state index contributed by atoms with van der Waals surface area (Å²) in [5.41, 5.74) is 10.6. The minimum atomic E-state index is -1.41. The molecule has 1 rings (SSSR count). The number of amides is 1. The molecule has 0 aliphatic rings. The fraction of sp³-hybridized carbons (Fsp3) is 0.385. The lowest BCUT2D eigenvalue weighted by molar-refractivity contribution is -0.146. The summed E-state index contributed by atoms with van der Waals surface area (Å²) >= 11 is 1.66. The van der Waals surface area contributed by atoms with Gasteiger partial charge in [0.1, 0.15) is 0 Å². The van der Waals surface area contributed by atoms with Gasteiger partial charge in [0.15, 0.2) is 6.10 Å². The number of hydrogen-bond acceptors (Lipinski definition) is 5. The molecule has 1 aromatic rings. The second kappa shape index (κ2) is 10.2. The van der Waals surface area contributed by atoms with Crippen LogP contribution in [-0.4, -0.2) is 40.1 Å². The van der Waals surface area contributed by atoms with Gasteiger partial charge in [-0.2, -0.15) is 11.8 Å². The average molecular weight is 300 g/mol. The van der Waals surface area contributed by atoms with Crippen LogP contribution in [0.4, 0.5) is 0 Å². The van der Waals surface area contributed by atoms with Crippen LogP contribution >= 0.6 is 11.8 Å². The third kappa shape index (κ3) is 7.78. The van der Waals surface area contributed by atoms with Crippen molar-refractivity contribution in [3.63, 3.8) is 0 Å². The number of thioether (sulfide) groups is 1. The molecule has 0 saturated carbocycles. The molecule has 0 heterocycles. The Morgan fingerprint density at radius 2 is 1.85 bits per heavy atom. The van der Waals surface area contributed by atoms with Crippen LogP contribution in [0.25, 0.3) is 0 Å². The van der Waals surface area contributed by atoms with Gasteiger partial charge in [0.25, 0.3) is 0 Å². The van der Waals surface area contributed by atoms with E-state index in [1.807, 2.05) is 6.26 Å². The molecule has 1 amide bonds. The summed E-state index contributed by atoms with van der Waals surface area (Å²) in [6.45, 7) is 0. The number of aliphatic carboxylic acids is 1. The lowest BCUT2D eigenvalue weighted by atomic mass is 10.1. The number of aliphatic hydroxyl groups is 1. The molecule has 6 nitrogen and oxygen atoms in total. The van der Waals surface area contributed by atoms with E-state index in [4.69, 9.17) is 21.7 Å². The number of hydrogen-bond donors (Lipinski definition) is 4. The van der Waals surface area contributed by atoms with Crippen LogP contribution in [0.1, 0.15) is 18.1 Å². The molecule has 0 aliphatic carbocycles. The molecule has 1 unspecified atom stereocenters. The Labute approximate surface area is 122 Å². The number of nitrogens with two attached hydrogens (primary N) is 2. The minimum absolute atomic E-state index is 0.403. The third-order valence-electron chi connectivity index (χ3n) is 2.35. The van der Waals surface area contributed by atoms with E-state index < -0.39 is 24.0 Å². The summed E-state index contributed by atoms with van der Waals surface area (Å²) in [5, 5.41) is 17.4.